The van der Waals surface area contributed by atoms with Gasteiger partial charge in [-0.3, -0.25) is 0 Å². The average Bonchev–Trinajstić information content (AvgIpc) is 2.39. The van der Waals surface area contributed by atoms with E-state index in [-0.39, 0.29) is 0 Å². The van der Waals surface area contributed by atoms with Crippen molar-refractivity contribution in [3.63, 3.8) is 0 Å². The lowest BCUT2D eigenvalue weighted by Gasteiger charge is -2.20. The number of rotatable bonds is 4. The minimum atomic E-state index is -0.890. The maximum absolute atomic E-state index is 10.8. The van der Waals surface area contributed by atoms with Crippen molar-refractivity contribution in [3.8, 4) is 0 Å². The Bertz CT molecular complexity index is 576. The summed E-state index contributed by atoms with van der Waals surface area (Å²) in [6.45, 7) is 2.82. The number of hydrogen-bond donors (Lipinski definition) is 1. The van der Waals surface area contributed by atoms with Gasteiger partial charge in [0.05, 0.1) is 5.56 Å². The van der Waals surface area contributed by atoms with Gasteiger partial charge in [-0.2, -0.15) is 0 Å². The summed E-state index contributed by atoms with van der Waals surface area (Å²) in [5.74, 6) is -0.890. The van der Waals surface area contributed by atoms with Crippen molar-refractivity contribution in [2.75, 3.05) is 11.9 Å². The molecular weight excluding hydrogens is 238 g/mol. The molecule has 3 nitrogen and oxygen atoms in total. The summed E-state index contributed by atoms with van der Waals surface area (Å²) in [7, 11) is 2.03. The lowest BCUT2D eigenvalue weighted by Crippen LogP contribution is -2.16. The first-order valence-electron chi connectivity index (χ1n) is 6.16. The van der Waals surface area contributed by atoms with E-state index in [4.69, 9.17) is 5.11 Å². The fourth-order valence-electron chi connectivity index (χ4n) is 1.98. The van der Waals surface area contributed by atoms with Gasteiger partial charge in [-0.15, -0.1) is 0 Å². The Hall–Kier alpha value is -2.29. The molecule has 0 aliphatic rings. The first-order valence-corrected chi connectivity index (χ1v) is 6.16. The van der Waals surface area contributed by atoms with Crippen LogP contribution in [0.15, 0.2) is 48.5 Å². The number of carboxylic acid groups (broad SMARTS) is 1. The van der Waals surface area contributed by atoms with Gasteiger partial charge in [0.2, 0.25) is 0 Å². The van der Waals surface area contributed by atoms with Crippen molar-refractivity contribution in [1.82, 2.24) is 0 Å². The van der Waals surface area contributed by atoms with E-state index < -0.39 is 5.97 Å². The van der Waals surface area contributed by atoms with E-state index in [1.54, 1.807) is 12.1 Å². The summed E-state index contributed by atoms with van der Waals surface area (Å²) in [4.78, 5) is 12.9. The summed E-state index contributed by atoms with van der Waals surface area (Å²) < 4.78 is 0. The largest absolute Gasteiger partial charge is 0.478 e. The smallest absolute Gasteiger partial charge is 0.335 e. The molecule has 0 bridgehead atoms. The van der Waals surface area contributed by atoms with Crippen LogP contribution in [0.4, 0.5) is 5.69 Å². The number of aromatic carboxylic acids is 1. The fraction of sp³-hybridized carbons (Fsp3) is 0.188. The molecule has 2 aromatic carbocycles. The molecule has 19 heavy (non-hydrogen) atoms. The highest BCUT2D eigenvalue weighted by Gasteiger charge is 2.05. The standard InChI is InChI=1S/C16H17NO2/c1-12-4-3-5-15(10-12)17(2)11-13-6-8-14(9-7-13)16(18)19/h3-10H,11H2,1-2H3,(H,18,19). The molecular formula is C16H17NO2. The molecule has 0 heterocycles. The highest BCUT2D eigenvalue weighted by atomic mass is 16.4. The number of nitrogens with zero attached hydrogens (tertiary/aromatic N) is 1. The van der Waals surface area contributed by atoms with Crippen LogP contribution in [-0.2, 0) is 6.54 Å². The minimum Gasteiger partial charge on any atom is -0.478 e. The molecule has 0 aliphatic carbocycles. The molecule has 0 spiro atoms. The van der Waals surface area contributed by atoms with Crippen molar-refractivity contribution in [1.29, 1.82) is 0 Å². The predicted octanol–water partition coefficient (Wildman–Crippen LogP) is 3.33. The normalized spacial score (nSPS) is 10.2. The molecule has 0 unspecified atom stereocenters. The van der Waals surface area contributed by atoms with Crippen LogP contribution in [-0.4, -0.2) is 18.1 Å². The van der Waals surface area contributed by atoms with Crippen molar-refractivity contribution in [3.05, 3.63) is 65.2 Å². The molecule has 1 N–H and O–H groups in total. The van der Waals surface area contributed by atoms with Gasteiger partial charge in [0.15, 0.2) is 0 Å². The number of carbonyl (C=O) groups is 1. The summed E-state index contributed by atoms with van der Waals surface area (Å²) in [5, 5.41) is 8.86. The molecule has 0 fully saturated rings. The Kier molecular flexibility index (Phi) is 3.85. The van der Waals surface area contributed by atoms with E-state index in [0.29, 0.717) is 5.56 Å². The topological polar surface area (TPSA) is 40.5 Å². The number of hydrogen-bond acceptors (Lipinski definition) is 2. The van der Waals surface area contributed by atoms with E-state index in [0.717, 1.165) is 17.8 Å². The molecule has 0 amide bonds. The van der Waals surface area contributed by atoms with Gasteiger partial charge < -0.3 is 10.0 Å². The molecule has 2 aromatic rings. The molecule has 0 aliphatic heterocycles. The number of carboxylic acids is 1. The third kappa shape index (κ3) is 3.35. The lowest BCUT2D eigenvalue weighted by atomic mass is 10.1. The van der Waals surface area contributed by atoms with E-state index in [1.807, 2.05) is 25.2 Å². The van der Waals surface area contributed by atoms with E-state index in [9.17, 15) is 4.79 Å². The maximum Gasteiger partial charge on any atom is 0.335 e. The van der Waals surface area contributed by atoms with E-state index >= 15 is 0 Å². The van der Waals surface area contributed by atoms with Gasteiger partial charge in [-0.05, 0) is 42.3 Å². The van der Waals surface area contributed by atoms with E-state index in [1.165, 1.54) is 5.56 Å². The van der Waals surface area contributed by atoms with Gasteiger partial charge in [0, 0.05) is 19.3 Å². The van der Waals surface area contributed by atoms with Crippen molar-refractivity contribution in [2.45, 2.75) is 13.5 Å². The second kappa shape index (κ2) is 5.57. The Morgan fingerprint density at radius 1 is 1.16 bits per heavy atom. The number of anilines is 1. The Morgan fingerprint density at radius 3 is 2.42 bits per heavy atom. The van der Waals surface area contributed by atoms with Crippen LogP contribution in [0, 0.1) is 6.92 Å². The van der Waals surface area contributed by atoms with Gasteiger partial charge in [0.1, 0.15) is 0 Å². The maximum atomic E-state index is 10.8. The first-order chi connectivity index (χ1) is 9.06. The lowest BCUT2D eigenvalue weighted by molar-refractivity contribution is 0.0697. The van der Waals surface area contributed by atoms with Crippen LogP contribution < -0.4 is 4.90 Å². The molecule has 0 atom stereocenters. The van der Waals surface area contributed by atoms with Crippen LogP contribution in [0.2, 0.25) is 0 Å². The Morgan fingerprint density at radius 2 is 1.84 bits per heavy atom. The van der Waals surface area contributed by atoms with Crippen LogP contribution in [0.3, 0.4) is 0 Å². The summed E-state index contributed by atoms with van der Waals surface area (Å²) in [6, 6.07) is 15.3. The quantitative estimate of drug-likeness (QED) is 0.911. The van der Waals surface area contributed by atoms with Crippen molar-refractivity contribution in [2.24, 2.45) is 0 Å². The third-order valence-electron chi connectivity index (χ3n) is 3.06. The highest BCUT2D eigenvalue weighted by Crippen LogP contribution is 2.17. The second-order valence-electron chi connectivity index (χ2n) is 4.70. The number of aryl methyl sites for hydroxylation is 1. The monoisotopic (exact) mass is 255 g/mol. The second-order valence-corrected chi connectivity index (χ2v) is 4.70. The predicted molar refractivity (Wildman–Crippen MR) is 76.7 cm³/mol. The van der Waals surface area contributed by atoms with Crippen LogP contribution in [0.5, 0.6) is 0 Å². The fourth-order valence-corrected chi connectivity index (χ4v) is 1.98. The SMILES string of the molecule is Cc1cccc(N(C)Cc2ccc(C(=O)O)cc2)c1. The van der Waals surface area contributed by atoms with Crippen LogP contribution in [0.25, 0.3) is 0 Å². The molecule has 98 valence electrons. The highest BCUT2D eigenvalue weighted by molar-refractivity contribution is 5.87. The van der Waals surface area contributed by atoms with Crippen molar-refractivity contribution >= 4 is 11.7 Å². The Labute approximate surface area is 113 Å². The van der Waals surface area contributed by atoms with E-state index in [2.05, 4.69) is 30.0 Å². The van der Waals surface area contributed by atoms with Crippen molar-refractivity contribution < 1.29 is 9.90 Å². The summed E-state index contributed by atoms with van der Waals surface area (Å²) in [6.07, 6.45) is 0. The van der Waals surface area contributed by atoms with Gasteiger partial charge in [-0.25, -0.2) is 4.79 Å². The zero-order chi connectivity index (χ0) is 13.8. The molecule has 0 aromatic heterocycles. The number of benzene rings is 2. The summed E-state index contributed by atoms with van der Waals surface area (Å²) >= 11 is 0. The molecule has 0 radical (unpaired) electrons. The zero-order valence-electron chi connectivity index (χ0n) is 11.1. The average molecular weight is 255 g/mol. The van der Waals surface area contributed by atoms with Crippen LogP contribution >= 0.6 is 0 Å². The zero-order valence-corrected chi connectivity index (χ0v) is 11.1. The molecule has 2 rings (SSSR count). The summed E-state index contributed by atoms with van der Waals surface area (Å²) in [5.41, 5.74) is 3.80. The Balaban J connectivity index is 2.10. The third-order valence-corrected chi connectivity index (χ3v) is 3.06. The molecule has 3 heteroatoms. The molecule has 0 saturated carbocycles. The van der Waals surface area contributed by atoms with Gasteiger partial charge in [-0.1, -0.05) is 24.3 Å². The molecule has 0 saturated heterocycles. The minimum absolute atomic E-state index is 0.321. The van der Waals surface area contributed by atoms with Crippen LogP contribution in [0.1, 0.15) is 21.5 Å². The first kappa shape index (κ1) is 13.1. The van der Waals surface area contributed by atoms with Gasteiger partial charge in [0.25, 0.3) is 0 Å². The van der Waals surface area contributed by atoms with Gasteiger partial charge >= 0.3 is 5.97 Å².